The molecule has 0 nitrogen and oxygen atoms in total. The highest BCUT2D eigenvalue weighted by atomic mass is 35.5. The van der Waals surface area contributed by atoms with Gasteiger partial charge in [-0.05, 0) is 54.7 Å². The van der Waals surface area contributed by atoms with Crippen LogP contribution in [-0.4, -0.2) is 0 Å². The molecule has 0 heterocycles. The fourth-order valence-corrected chi connectivity index (χ4v) is 2.28. The lowest BCUT2D eigenvalue weighted by atomic mass is 10.1. The van der Waals surface area contributed by atoms with E-state index >= 15 is 0 Å². The molecule has 0 aliphatic heterocycles. The molecule has 0 atom stereocenters. The predicted molar refractivity (Wildman–Crippen MR) is 55.4 cm³/mol. The van der Waals surface area contributed by atoms with E-state index in [1.165, 1.54) is 36.8 Å². The van der Waals surface area contributed by atoms with Crippen LogP contribution in [0.25, 0.3) is 0 Å². The normalized spacial score (nSPS) is 21.9. The molecule has 0 saturated heterocycles. The van der Waals surface area contributed by atoms with Crippen LogP contribution in [0.5, 0.6) is 0 Å². The molecule has 0 bridgehead atoms. The largest absolute Gasteiger partial charge is 0.0840 e. The number of hydrogen-bond donors (Lipinski definition) is 0. The minimum atomic E-state index is 0.778. The van der Waals surface area contributed by atoms with Crippen LogP contribution in [0.1, 0.15) is 48.6 Å². The molecule has 68 valence electrons. The molecule has 2 aliphatic rings. The van der Waals surface area contributed by atoms with Crippen LogP contribution in [0.2, 0.25) is 5.02 Å². The second-order valence-corrected chi connectivity index (χ2v) is 4.74. The third kappa shape index (κ3) is 1.48. The molecule has 0 N–H and O–H groups in total. The van der Waals surface area contributed by atoms with Gasteiger partial charge < -0.3 is 0 Å². The maximum atomic E-state index is 6.24. The Morgan fingerprint density at radius 3 is 2.23 bits per heavy atom. The fourth-order valence-electron chi connectivity index (χ4n) is 1.94. The van der Waals surface area contributed by atoms with E-state index in [0.717, 1.165) is 16.9 Å². The zero-order valence-electron chi connectivity index (χ0n) is 7.59. The Bertz CT molecular complexity index is 335. The highest BCUT2D eigenvalue weighted by Crippen LogP contribution is 2.46. The van der Waals surface area contributed by atoms with E-state index in [1.54, 1.807) is 0 Å². The lowest BCUT2D eigenvalue weighted by Crippen LogP contribution is -1.85. The summed E-state index contributed by atoms with van der Waals surface area (Å²) in [5.41, 5.74) is 2.83. The zero-order valence-corrected chi connectivity index (χ0v) is 8.35. The summed E-state index contributed by atoms with van der Waals surface area (Å²) in [5.74, 6) is 1.60. The van der Waals surface area contributed by atoms with Crippen molar-refractivity contribution in [1.29, 1.82) is 0 Å². The van der Waals surface area contributed by atoms with Gasteiger partial charge in [0.2, 0.25) is 0 Å². The van der Waals surface area contributed by atoms with Crippen LogP contribution < -0.4 is 0 Å². The second kappa shape index (κ2) is 2.75. The van der Waals surface area contributed by atoms with Crippen molar-refractivity contribution >= 4 is 11.6 Å². The van der Waals surface area contributed by atoms with Gasteiger partial charge in [0.15, 0.2) is 0 Å². The second-order valence-electron chi connectivity index (χ2n) is 4.33. The van der Waals surface area contributed by atoms with E-state index in [2.05, 4.69) is 18.2 Å². The molecule has 0 spiro atoms. The molecule has 13 heavy (non-hydrogen) atoms. The van der Waals surface area contributed by atoms with Crippen LogP contribution in [0.15, 0.2) is 18.2 Å². The van der Waals surface area contributed by atoms with Gasteiger partial charge in [0, 0.05) is 5.02 Å². The van der Waals surface area contributed by atoms with E-state index in [0.29, 0.717) is 0 Å². The summed E-state index contributed by atoms with van der Waals surface area (Å²) >= 11 is 6.24. The number of halogens is 1. The molecule has 1 heteroatoms. The fraction of sp³-hybridized carbons (Fsp3) is 0.500. The summed E-state index contributed by atoms with van der Waals surface area (Å²) in [5, 5.41) is 1.01. The van der Waals surface area contributed by atoms with Crippen LogP contribution in [0.3, 0.4) is 0 Å². The summed E-state index contributed by atoms with van der Waals surface area (Å²) in [6.45, 7) is 0. The van der Waals surface area contributed by atoms with E-state index in [4.69, 9.17) is 11.6 Å². The molecule has 2 aliphatic carbocycles. The molecule has 1 aromatic carbocycles. The summed E-state index contributed by atoms with van der Waals surface area (Å²) < 4.78 is 0. The Morgan fingerprint density at radius 1 is 1.00 bits per heavy atom. The topological polar surface area (TPSA) is 0 Å². The Labute approximate surface area is 83.9 Å². The summed E-state index contributed by atoms with van der Waals surface area (Å²) in [6, 6.07) is 6.71. The highest BCUT2D eigenvalue weighted by molar-refractivity contribution is 6.31. The SMILES string of the molecule is Clc1cc(C2CC2)ccc1C1CC1. The van der Waals surface area contributed by atoms with Crippen LogP contribution in [0, 0.1) is 0 Å². The Balaban J connectivity index is 1.95. The first-order valence-corrected chi connectivity index (χ1v) is 5.52. The quantitative estimate of drug-likeness (QED) is 0.662. The van der Waals surface area contributed by atoms with Gasteiger partial charge in [-0.25, -0.2) is 0 Å². The lowest BCUT2D eigenvalue weighted by molar-refractivity contribution is 1.09. The van der Waals surface area contributed by atoms with Gasteiger partial charge in [0.25, 0.3) is 0 Å². The maximum absolute atomic E-state index is 6.24. The monoisotopic (exact) mass is 192 g/mol. The minimum absolute atomic E-state index is 0.778. The van der Waals surface area contributed by atoms with Crippen molar-refractivity contribution in [3.05, 3.63) is 34.3 Å². The number of hydrogen-bond acceptors (Lipinski definition) is 0. The van der Waals surface area contributed by atoms with Crippen molar-refractivity contribution in [2.75, 3.05) is 0 Å². The molecule has 0 amide bonds. The van der Waals surface area contributed by atoms with Gasteiger partial charge in [0.05, 0.1) is 0 Å². The predicted octanol–water partition coefficient (Wildman–Crippen LogP) is 4.09. The first-order chi connectivity index (χ1) is 6.34. The maximum Gasteiger partial charge on any atom is 0.0443 e. The summed E-state index contributed by atoms with van der Waals surface area (Å²) in [4.78, 5) is 0. The Kier molecular flexibility index (Phi) is 1.66. The van der Waals surface area contributed by atoms with E-state index < -0.39 is 0 Å². The summed E-state index contributed by atoms with van der Waals surface area (Å²) in [6.07, 6.45) is 5.39. The lowest BCUT2D eigenvalue weighted by Gasteiger charge is -2.04. The van der Waals surface area contributed by atoms with Crippen molar-refractivity contribution < 1.29 is 0 Å². The number of rotatable bonds is 2. The molecule has 0 aromatic heterocycles. The first kappa shape index (κ1) is 7.87. The van der Waals surface area contributed by atoms with Gasteiger partial charge in [0.1, 0.15) is 0 Å². The van der Waals surface area contributed by atoms with Crippen molar-refractivity contribution in [3.63, 3.8) is 0 Å². The van der Waals surface area contributed by atoms with E-state index in [1.807, 2.05) is 0 Å². The first-order valence-electron chi connectivity index (χ1n) is 5.14. The molecule has 2 fully saturated rings. The van der Waals surface area contributed by atoms with Crippen LogP contribution >= 0.6 is 11.6 Å². The zero-order chi connectivity index (χ0) is 8.84. The average Bonchev–Trinajstić information content (AvgIpc) is 3.00. The van der Waals surface area contributed by atoms with Crippen molar-refractivity contribution in [1.82, 2.24) is 0 Å². The van der Waals surface area contributed by atoms with E-state index in [-0.39, 0.29) is 0 Å². The van der Waals surface area contributed by atoms with Crippen molar-refractivity contribution in [2.45, 2.75) is 37.5 Å². The average molecular weight is 193 g/mol. The van der Waals surface area contributed by atoms with Crippen LogP contribution in [-0.2, 0) is 0 Å². The van der Waals surface area contributed by atoms with Gasteiger partial charge in [-0.2, -0.15) is 0 Å². The van der Waals surface area contributed by atoms with Gasteiger partial charge in [-0.1, -0.05) is 23.7 Å². The third-order valence-corrected chi connectivity index (χ3v) is 3.42. The highest BCUT2D eigenvalue weighted by Gasteiger charge is 2.28. The van der Waals surface area contributed by atoms with Crippen molar-refractivity contribution in [2.24, 2.45) is 0 Å². The molecule has 0 radical (unpaired) electrons. The molecule has 1 aromatic rings. The number of benzene rings is 1. The molecule has 3 rings (SSSR count). The summed E-state index contributed by atoms with van der Waals surface area (Å²) in [7, 11) is 0. The Morgan fingerprint density at radius 2 is 1.69 bits per heavy atom. The van der Waals surface area contributed by atoms with Gasteiger partial charge in [-0.3, -0.25) is 0 Å². The van der Waals surface area contributed by atoms with Gasteiger partial charge in [-0.15, -0.1) is 0 Å². The molecule has 2 saturated carbocycles. The third-order valence-electron chi connectivity index (χ3n) is 3.09. The minimum Gasteiger partial charge on any atom is -0.0840 e. The smallest absolute Gasteiger partial charge is 0.0443 e. The van der Waals surface area contributed by atoms with Crippen molar-refractivity contribution in [3.8, 4) is 0 Å². The molecular weight excluding hydrogens is 180 g/mol. The van der Waals surface area contributed by atoms with Gasteiger partial charge >= 0.3 is 0 Å². The standard InChI is InChI=1S/C12H13Cl/c13-12-7-10(8-1-2-8)5-6-11(12)9-3-4-9/h5-9H,1-4H2. The van der Waals surface area contributed by atoms with Crippen LogP contribution in [0.4, 0.5) is 0 Å². The molecule has 0 unspecified atom stereocenters. The molecular formula is C12H13Cl. The Hall–Kier alpha value is -0.490. The van der Waals surface area contributed by atoms with E-state index in [9.17, 15) is 0 Å².